The van der Waals surface area contributed by atoms with Gasteiger partial charge in [-0.1, -0.05) is 36.4 Å². The molecule has 3 rings (SSSR count). The highest BCUT2D eigenvalue weighted by Gasteiger charge is 2.21. The van der Waals surface area contributed by atoms with Crippen LogP contribution in [0.5, 0.6) is 5.75 Å². The molecule has 0 radical (unpaired) electrons. The lowest BCUT2D eigenvalue weighted by molar-refractivity contribution is 0.209. The third-order valence-corrected chi connectivity index (χ3v) is 5.33. The number of hydrogen-bond donors (Lipinski definition) is 0. The zero-order chi connectivity index (χ0) is 20.3. The van der Waals surface area contributed by atoms with Gasteiger partial charge < -0.3 is 4.74 Å². The fourth-order valence-electron chi connectivity index (χ4n) is 2.32. The van der Waals surface area contributed by atoms with Crippen LogP contribution in [0.3, 0.4) is 0 Å². The lowest BCUT2D eigenvalue weighted by Crippen LogP contribution is -2.42. The van der Waals surface area contributed by atoms with Crippen molar-refractivity contribution in [1.82, 2.24) is 8.54 Å². The SMILES string of the molecule is Cn1c(=NC(=O)Oc2ccccc2)c(F)cn(S(=O)(=O)c2ccccc2)c1=O. The molecule has 0 N–H and O–H groups in total. The van der Waals surface area contributed by atoms with Crippen molar-refractivity contribution in [2.24, 2.45) is 12.0 Å². The molecular weight excluding hydrogens is 389 g/mol. The Balaban J connectivity index is 2.06. The molecule has 1 heterocycles. The highest BCUT2D eigenvalue weighted by Crippen LogP contribution is 2.11. The summed E-state index contributed by atoms with van der Waals surface area (Å²) in [4.78, 5) is 27.6. The third kappa shape index (κ3) is 3.76. The van der Waals surface area contributed by atoms with Crippen molar-refractivity contribution in [3.8, 4) is 5.75 Å². The predicted molar refractivity (Wildman–Crippen MR) is 96.7 cm³/mol. The minimum absolute atomic E-state index is 0.180. The van der Waals surface area contributed by atoms with Gasteiger partial charge in [-0.3, -0.25) is 4.57 Å². The van der Waals surface area contributed by atoms with Gasteiger partial charge in [0.2, 0.25) is 0 Å². The van der Waals surface area contributed by atoms with Crippen LogP contribution < -0.4 is 15.9 Å². The van der Waals surface area contributed by atoms with Crippen LogP contribution in [-0.2, 0) is 17.1 Å². The van der Waals surface area contributed by atoms with E-state index in [2.05, 4.69) is 4.99 Å². The van der Waals surface area contributed by atoms with E-state index in [0.29, 0.717) is 10.8 Å². The molecule has 0 fully saturated rings. The summed E-state index contributed by atoms with van der Waals surface area (Å²) in [5.41, 5.74) is -1.76. The number of halogens is 1. The number of amides is 1. The molecule has 0 aliphatic carbocycles. The van der Waals surface area contributed by atoms with Crippen molar-refractivity contribution >= 4 is 16.1 Å². The zero-order valence-corrected chi connectivity index (χ0v) is 15.3. The fourth-order valence-corrected chi connectivity index (χ4v) is 3.61. The first-order chi connectivity index (χ1) is 13.3. The molecular formula is C18H14FN3O5S. The maximum absolute atomic E-state index is 14.5. The number of carbonyl (C=O) groups is 1. The second kappa shape index (κ2) is 7.61. The summed E-state index contributed by atoms with van der Waals surface area (Å²) >= 11 is 0. The Hall–Kier alpha value is -3.53. The van der Waals surface area contributed by atoms with E-state index >= 15 is 0 Å². The molecule has 0 atom stereocenters. The molecule has 0 saturated carbocycles. The van der Waals surface area contributed by atoms with Crippen molar-refractivity contribution in [1.29, 1.82) is 0 Å². The Labute approximate surface area is 158 Å². The lowest BCUT2D eigenvalue weighted by Gasteiger charge is -2.10. The van der Waals surface area contributed by atoms with Gasteiger partial charge in [-0.2, -0.15) is 8.96 Å². The van der Waals surface area contributed by atoms with E-state index in [9.17, 15) is 22.4 Å². The number of ether oxygens (including phenoxy) is 1. The van der Waals surface area contributed by atoms with E-state index in [1.54, 1.807) is 24.3 Å². The molecule has 144 valence electrons. The van der Waals surface area contributed by atoms with E-state index in [4.69, 9.17) is 4.74 Å². The first-order valence-electron chi connectivity index (χ1n) is 7.91. The quantitative estimate of drug-likeness (QED) is 0.662. The molecule has 0 spiro atoms. The van der Waals surface area contributed by atoms with E-state index in [1.165, 1.54) is 36.4 Å². The Bertz CT molecular complexity index is 1250. The average molecular weight is 403 g/mol. The summed E-state index contributed by atoms with van der Waals surface area (Å²) in [5, 5.41) is 0. The second-order valence-electron chi connectivity index (χ2n) is 5.55. The van der Waals surface area contributed by atoms with Crippen LogP contribution >= 0.6 is 0 Å². The number of hydrogen-bond acceptors (Lipinski definition) is 5. The molecule has 0 aliphatic rings. The number of carbonyl (C=O) groups excluding carboxylic acids is 1. The standard InChI is InChI=1S/C18H14FN3O5S/c1-21-16(20-17(23)27-13-8-4-2-5-9-13)15(19)12-22(18(21)24)28(25,26)14-10-6-3-7-11-14/h2-12H,1H3. The van der Waals surface area contributed by atoms with Crippen LogP contribution in [0.4, 0.5) is 9.18 Å². The molecule has 1 aromatic heterocycles. The highest BCUT2D eigenvalue weighted by atomic mass is 32.2. The molecule has 2 aromatic carbocycles. The molecule has 3 aromatic rings. The Kier molecular flexibility index (Phi) is 5.23. The normalized spacial score (nSPS) is 12.0. The molecule has 1 amide bonds. The second-order valence-corrected chi connectivity index (χ2v) is 7.36. The maximum Gasteiger partial charge on any atom is 0.441 e. The van der Waals surface area contributed by atoms with Crippen molar-refractivity contribution in [3.05, 3.63) is 88.6 Å². The highest BCUT2D eigenvalue weighted by molar-refractivity contribution is 7.90. The van der Waals surface area contributed by atoms with Crippen LogP contribution in [0.15, 0.2) is 81.5 Å². The molecule has 10 heteroatoms. The number of aromatic nitrogens is 2. The first-order valence-corrected chi connectivity index (χ1v) is 9.35. The summed E-state index contributed by atoms with van der Waals surface area (Å²) < 4.78 is 45.5. The van der Waals surface area contributed by atoms with E-state index < -0.39 is 33.1 Å². The van der Waals surface area contributed by atoms with Crippen LogP contribution in [0.2, 0.25) is 0 Å². The molecule has 0 unspecified atom stereocenters. The van der Waals surface area contributed by atoms with Crippen molar-refractivity contribution in [2.75, 3.05) is 0 Å². The summed E-state index contributed by atoms with van der Waals surface area (Å²) in [6, 6.07) is 15.0. The molecule has 8 nitrogen and oxygen atoms in total. The fraction of sp³-hybridized carbons (Fsp3) is 0.0556. The predicted octanol–water partition coefficient (Wildman–Crippen LogP) is 1.66. The summed E-state index contributed by atoms with van der Waals surface area (Å²) in [7, 11) is -3.23. The largest absolute Gasteiger partial charge is 0.441 e. The number of para-hydroxylation sites is 1. The summed E-state index contributed by atoms with van der Waals surface area (Å²) in [6.45, 7) is 0. The minimum atomic E-state index is -4.32. The molecule has 0 bridgehead atoms. The van der Waals surface area contributed by atoms with Gasteiger partial charge >= 0.3 is 11.8 Å². The summed E-state index contributed by atoms with van der Waals surface area (Å²) in [6.07, 6.45) is -0.692. The van der Waals surface area contributed by atoms with E-state index in [-0.39, 0.29) is 14.6 Å². The minimum Gasteiger partial charge on any atom is -0.409 e. The van der Waals surface area contributed by atoms with Gasteiger partial charge in [-0.15, -0.1) is 0 Å². The monoisotopic (exact) mass is 403 g/mol. The zero-order valence-electron chi connectivity index (χ0n) is 14.5. The number of nitrogens with zero attached hydrogens (tertiary/aromatic N) is 3. The van der Waals surface area contributed by atoms with Gasteiger partial charge in [0.05, 0.1) is 11.1 Å². The van der Waals surface area contributed by atoms with Gasteiger partial charge in [0.15, 0.2) is 11.3 Å². The Morgan fingerprint density at radius 3 is 2.21 bits per heavy atom. The molecule has 28 heavy (non-hydrogen) atoms. The van der Waals surface area contributed by atoms with Gasteiger partial charge in [0.1, 0.15) is 5.75 Å². The molecule has 0 saturated heterocycles. The van der Waals surface area contributed by atoms with E-state index in [1.807, 2.05) is 0 Å². The van der Waals surface area contributed by atoms with Gasteiger partial charge in [0, 0.05) is 7.05 Å². The topological polar surface area (TPSA) is 99.7 Å². The number of benzene rings is 2. The first kappa shape index (κ1) is 19.2. The Morgan fingerprint density at radius 2 is 1.61 bits per heavy atom. The smallest absolute Gasteiger partial charge is 0.409 e. The van der Waals surface area contributed by atoms with Crippen LogP contribution in [0.1, 0.15) is 0 Å². The Morgan fingerprint density at radius 1 is 1.04 bits per heavy atom. The van der Waals surface area contributed by atoms with Crippen LogP contribution in [0, 0.1) is 5.82 Å². The van der Waals surface area contributed by atoms with Crippen molar-refractivity contribution in [3.63, 3.8) is 0 Å². The maximum atomic E-state index is 14.5. The lowest BCUT2D eigenvalue weighted by atomic mass is 10.3. The van der Waals surface area contributed by atoms with Crippen molar-refractivity contribution in [2.45, 2.75) is 4.90 Å². The van der Waals surface area contributed by atoms with Crippen LogP contribution in [-0.4, -0.2) is 23.1 Å². The van der Waals surface area contributed by atoms with Gasteiger partial charge in [0.25, 0.3) is 10.0 Å². The van der Waals surface area contributed by atoms with Gasteiger partial charge in [-0.25, -0.2) is 22.4 Å². The van der Waals surface area contributed by atoms with Gasteiger partial charge in [-0.05, 0) is 24.3 Å². The third-order valence-electron chi connectivity index (χ3n) is 3.68. The number of rotatable bonds is 3. The summed E-state index contributed by atoms with van der Waals surface area (Å²) in [5.74, 6) is -1.01. The van der Waals surface area contributed by atoms with Crippen LogP contribution in [0.25, 0.3) is 0 Å². The van der Waals surface area contributed by atoms with Crippen molar-refractivity contribution < 1.29 is 22.3 Å². The van der Waals surface area contributed by atoms with E-state index in [0.717, 1.165) is 7.05 Å². The molecule has 0 aliphatic heterocycles. The average Bonchev–Trinajstić information content (AvgIpc) is 2.69.